The van der Waals surface area contributed by atoms with Crippen LogP contribution in [0.4, 0.5) is 0 Å². The number of esters is 1. The standard InChI is InChI=1S/C31H43NO3/c1-20(18-22-8-6-5-7-9-22)32-29(34)28-13-12-26-25-11-10-23-19-24(35-21(2)33)14-16-30(23,3)27(25)15-17-31(26,28)4/h5-9,19-20,24-28H,10-18H2,1-4H3,(H,32,34)/t20-,24-,25-,26-,27-,28+,30-,31-/m0/s1. The zero-order valence-electron chi connectivity index (χ0n) is 22.0. The highest BCUT2D eigenvalue weighted by molar-refractivity contribution is 5.80. The van der Waals surface area contributed by atoms with E-state index in [0.29, 0.717) is 17.8 Å². The third-order valence-corrected chi connectivity index (χ3v) is 10.5. The first-order valence-electron chi connectivity index (χ1n) is 13.9. The number of rotatable bonds is 5. The Morgan fingerprint density at radius 1 is 1.03 bits per heavy atom. The first-order valence-corrected chi connectivity index (χ1v) is 13.9. The zero-order valence-corrected chi connectivity index (χ0v) is 22.0. The minimum atomic E-state index is -0.175. The summed E-state index contributed by atoms with van der Waals surface area (Å²) in [6.45, 7) is 8.56. The lowest BCUT2D eigenvalue weighted by Gasteiger charge is -2.58. The van der Waals surface area contributed by atoms with Crippen molar-refractivity contribution >= 4 is 11.9 Å². The van der Waals surface area contributed by atoms with Gasteiger partial charge >= 0.3 is 5.97 Å². The summed E-state index contributed by atoms with van der Waals surface area (Å²) >= 11 is 0. The van der Waals surface area contributed by atoms with Crippen LogP contribution in [-0.4, -0.2) is 24.0 Å². The van der Waals surface area contributed by atoms with Crippen molar-refractivity contribution in [3.63, 3.8) is 0 Å². The van der Waals surface area contributed by atoms with E-state index in [-0.39, 0.29) is 40.8 Å². The molecule has 5 rings (SSSR count). The van der Waals surface area contributed by atoms with Crippen LogP contribution in [-0.2, 0) is 20.7 Å². The minimum absolute atomic E-state index is 0.0431. The Kier molecular flexibility index (Phi) is 6.61. The monoisotopic (exact) mass is 477 g/mol. The fourth-order valence-electron chi connectivity index (χ4n) is 8.80. The van der Waals surface area contributed by atoms with Crippen LogP contribution in [0, 0.1) is 34.5 Å². The molecular formula is C31H43NO3. The smallest absolute Gasteiger partial charge is 0.303 e. The summed E-state index contributed by atoms with van der Waals surface area (Å²) in [7, 11) is 0. The maximum atomic E-state index is 13.5. The zero-order chi connectivity index (χ0) is 24.8. The average molecular weight is 478 g/mol. The van der Waals surface area contributed by atoms with Crippen molar-refractivity contribution in [2.45, 2.75) is 97.6 Å². The Morgan fingerprint density at radius 3 is 2.54 bits per heavy atom. The number of allylic oxidation sites excluding steroid dienone is 1. The number of fused-ring (bicyclic) bond motifs is 5. The first-order chi connectivity index (χ1) is 16.7. The molecule has 0 unspecified atom stereocenters. The van der Waals surface area contributed by atoms with Gasteiger partial charge in [0.2, 0.25) is 5.91 Å². The molecule has 4 aliphatic rings. The lowest BCUT2D eigenvalue weighted by Crippen LogP contribution is -2.52. The molecule has 8 atom stereocenters. The molecule has 1 amide bonds. The molecule has 0 saturated heterocycles. The Bertz CT molecular complexity index is 986. The third-order valence-electron chi connectivity index (χ3n) is 10.5. The van der Waals surface area contributed by atoms with Crippen LogP contribution in [0.25, 0.3) is 0 Å². The van der Waals surface area contributed by atoms with Crippen LogP contribution in [0.15, 0.2) is 42.0 Å². The number of hydrogen-bond donors (Lipinski definition) is 1. The van der Waals surface area contributed by atoms with Gasteiger partial charge < -0.3 is 10.1 Å². The molecule has 3 fully saturated rings. The van der Waals surface area contributed by atoms with Crippen LogP contribution in [0.3, 0.4) is 0 Å². The fourth-order valence-corrected chi connectivity index (χ4v) is 8.80. The van der Waals surface area contributed by atoms with Crippen LogP contribution in [0.2, 0.25) is 0 Å². The summed E-state index contributed by atoms with van der Waals surface area (Å²) in [6, 6.07) is 10.6. The van der Waals surface area contributed by atoms with Crippen LogP contribution in [0.1, 0.15) is 84.6 Å². The molecule has 3 saturated carbocycles. The number of carbonyl (C=O) groups excluding carboxylic acids is 2. The van der Waals surface area contributed by atoms with Gasteiger partial charge in [-0.2, -0.15) is 0 Å². The lowest BCUT2D eigenvalue weighted by atomic mass is 9.47. The number of ether oxygens (including phenoxy) is 1. The van der Waals surface area contributed by atoms with E-state index in [0.717, 1.165) is 38.5 Å². The molecule has 0 aromatic heterocycles. The SMILES string of the molecule is CC(=O)O[C@@H]1C=C2CC[C@H]3[C@@H]4CC[C@H](C(=O)N[C@@H](C)Cc5ccccc5)[C@@]4(C)CC[C@@H]3[C@@]2(C)CC1. The molecule has 35 heavy (non-hydrogen) atoms. The first kappa shape index (κ1) is 24.6. The molecule has 0 radical (unpaired) electrons. The third kappa shape index (κ3) is 4.47. The molecule has 0 aliphatic heterocycles. The predicted octanol–water partition coefficient (Wildman–Crippen LogP) is 6.24. The fraction of sp³-hybridized carbons (Fsp3) is 0.677. The highest BCUT2D eigenvalue weighted by atomic mass is 16.5. The Morgan fingerprint density at radius 2 is 1.80 bits per heavy atom. The van der Waals surface area contributed by atoms with Gasteiger partial charge in [-0.3, -0.25) is 9.59 Å². The molecule has 4 aliphatic carbocycles. The van der Waals surface area contributed by atoms with Crippen LogP contribution in [0.5, 0.6) is 0 Å². The minimum Gasteiger partial charge on any atom is -0.458 e. The molecule has 1 aromatic carbocycles. The van der Waals surface area contributed by atoms with Crippen molar-refractivity contribution in [3.8, 4) is 0 Å². The second-order valence-electron chi connectivity index (χ2n) is 12.5. The van der Waals surface area contributed by atoms with Gasteiger partial charge in [0, 0.05) is 18.9 Å². The molecule has 0 spiro atoms. The highest BCUT2D eigenvalue weighted by Crippen LogP contribution is 2.66. The summed E-state index contributed by atoms with van der Waals surface area (Å²) < 4.78 is 5.56. The largest absolute Gasteiger partial charge is 0.458 e. The van der Waals surface area contributed by atoms with Gasteiger partial charge in [-0.1, -0.05) is 49.8 Å². The number of amides is 1. The molecule has 1 N–H and O–H groups in total. The maximum Gasteiger partial charge on any atom is 0.303 e. The molecule has 4 heteroatoms. The average Bonchev–Trinajstić information content (AvgIpc) is 3.17. The number of hydrogen-bond acceptors (Lipinski definition) is 3. The number of nitrogens with one attached hydrogen (secondary N) is 1. The van der Waals surface area contributed by atoms with E-state index in [2.05, 4.69) is 56.4 Å². The van der Waals surface area contributed by atoms with E-state index in [1.54, 1.807) is 0 Å². The van der Waals surface area contributed by atoms with Gasteiger partial charge in [-0.15, -0.1) is 0 Å². The number of carbonyl (C=O) groups is 2. The Hall–Kier alpha value is -2.10. The highest BCUT2D eigenvalue weighted by Gasteiger charge is 2.60. The van der Waals surface area contributed by atoms with Crippen molar-refractivity contribution in [2.75, 3.05) is 0 Å². The topological polar surface area (TPSA) is 55.4 Å². The van der Waals surface area contributed by atoms with E-state index in [9.17, 15) is 9.59 Å². The summed E-state index contributed by atoms with van der Waals surface area (Å²) in [4.78, 5) is 25.0. The second-order valence-corrected chi connectivity index (χ2v) is 12.5. The van der Waals surface area contributed by atoms with Crippen molar-refractivity contribution in [3.05, 3.63) is 47.5 Å². The van der Waals surface area contributed by atoms with Gasteiger partial charge in [0.1, 0.15) is 6.10 Å². The van der Waals surface area contributed by atoms with Gasteiger partial charge in [0.05, 0.1) is 0 Å². The quantitative estimate of drug-likeness (QED) is 0.403. The molecule has 190 valence electrons. The lowest BCUT2D eigenvalue weighted by molar-refractivity contribution is -0.146. The van der Waals surface area contributed by atoms with E-state index < -0.39 is 0 Å². The van der Waals surface area contributed by atoms with E-state index in [4.69, 9.17) is 4.74 Å². The Labute approximate surface area is 211 Å². The molecule has 4 nitrogen and oxygen atoms in total. The summed E-state index contributed by atoms with van der Waals surface area (Å²) in [5, 5.41) is 3.38. The van der Waals surface area contributed by atoms with Crippen molar-refractivity contribution in [1.29, 1.82) is 0 Å². The second kappa shape index (κ2) is 9.41. The Balaban J connectivity index is 1.27. The van der Waals surface area contributed by atoms with Gasteiger partial charge in [0.25, 0.3) is 0 Å². The predicted molar refractivity (Wildman–Crippen MR) is 138 cm³/mol. The van der Waals surface area contributed by atoms with Gasteiger partial charge in [0.15, 0.2) is 0 Å². The van der Waals surface area contributed by atoms with Crippen LogP contribution >= 0.6 is 0 Å². The van der Waals surface area contributed by atoms with E-state index in [1.165, 1.54) is 37.3 Å². The molecular weight excluding hydrogens is 434 g/mol. The van der Waals surface area contributed by atoms with Gasteiger partial charge in [-0.05, 0) is 105 Å². The number of benzene rings is 1. The van der Waals surface area contributed by atoms with E-state index >= 15 is 0 Å². The van der Waals surface area contributed by atoms with Crippen molar-refractivity contribution in [1.82, 2.24) is 5.32 Å². The summed E-state index contributed by atoms with van der Waals surface area (Å²) in [6.07, 6.45) is 12.1. The van der Waals surface area contributed by atoms with Gasteiger partial charge in [-0.25, -0.2) is 0 Å². The molecule has 0 bridgehead atoms. The van der Waals surface area contributed by atoms with Crippen LogP contribution < -0.4 is 5.32 Å². The maximum absolute atomic E-state index is 13.5. The summed E-state index contributed by atoms with van der Waals surface area (Å²) in [5.41, 5.74) is 3.15. The normalized spacial score (nSPS) is 38.9. The molecule has 0 heterocycles. The summed E-state index contributed by atoms with van der Waals surface area (Å²) in [5.74, 6) is 2.29. The van der Waals surface area contributed by atoms with Crippen molar-refractivity contribution < 1.29 is 14.3 Å². The van der Waals surface area contributed by atoms with Crippen molar-refractivity contribution in [2.24, 2.45) is 34.5 Å². The van der Waals surface area contributed by atoms with E-state index in [1.807, 2.05) is 6.07 Å². The molecule has 1 aromatic rings.